The molecule has 1 amide bonds. The summed E-state index contributed by atoms with van der Waals surface area (Å²) in [7, 11) is 1.60. The molecular weight excluding hydrogens is 216 g/mol. The third-order valence-corrected chi connectivity index (χ3v) is 2.61. The number of rotatable bonds is 6. The van der Waals surface area contributed by atoms with Crippen molar-refractivity contribution in [2.45, 2.75) is 25.8 Å². The highest BCUT2D eigenvalue weighted by Crippen LogP contribution is 2.11. The number of carbonyl (C=O) groups is 1. The number of benzene rings is 1. The number of ether oxygens (including phenoxy) is 1. The first-order chi connectivity index (χ1) is 8.21. The van der Waals surface area contributed by atoms with Gasteiger partial charge in [0.15, 0.2) is 0 Å². The number of nitrogens with two attached hydrogens (primary N) is 1. The zero-order chi connectivity index (χ0) is 12.7. The third kappa shape index (κ3) is 4.07. The molecule has 4 heteroatoms. The van der Waals surface area contributed by atoms with Crippen LogP contribution in [0.15, 0.2) is 24.3 Å². The Kier molecular flexibility index (Phi) is 5.49. The van der Waals surface area contributed by atoms with Gasteiger partial charge in [0.25, 0.3) is 5.91 Å². The van der Waals surface area contributed by atoms with Crippen molar-refractivity contribution < 1.29 is 9.53 Å². The summed E-state index contributed by atoms with van der Waals surface area (Å²) in [5, 5.41) is 2.92. The minimum Gasteiger partial charge on any atom is -0.497 e. The summed E-state index contributed by atoms with van der Waals surface area (Å²) in [4.78, 5) is 11.9. The molecule has 0 bridgehead atoms. The van der Waals surface area contributed by atoms with Crippen LogP contribution in [-0.2, 0) is 0 Å². The molecule has 0 saturated heterocycles. The summed E-state index contributed by atoms with van der Waals surface area (Å²) in [5.74, 6) is 0.655. The average molecular weight is 236 g/mol. The molecule has 0 fully saturated rings. The maximum atomic E-state index is 11.9. The highest BCUT2D eigenvalue weighted by molar-refractivity contribution is 5.94. The summed E-state index contributed by atoms with van der Waals surface area (Å²) in [6, 6.07) is 7.08. The molecule has 3 N–H and O–H groups in total. The lowest BCUT2D eigenvalue weighted by atomic mass is 10.1. The molecule has 0 aliphatic carbocycles. The van der Waals surface area contributed by atoms with E-state index in [0.717, 1.165) is 18.6 Å². The maximum absolute atomic E-state index is 11.9. The Labute approximate surface area is 102 Å². The van der Waals surface area contributed by atoms with Crippen LogP contribution in [0.25, 0.3) is 0 Å². The first kappa shape index (κ1) is 13.5. The lowest BCUT2D eigenvalue weighted by molar-refractivity contribution is 0.0936. The zero-order valence-corrected chi connectivity index (χ0v) is 10.4. The van der Waals surface area contributed by atoms with Gasteiger partial charge in [-0.25, -0.2) is 0 Å². The van der Waals surface area contributed by atoms with Crippen LogP contribution in [0.5, 0.6) is 5.75 Å². The SMILES string of the molecule is CCCC(CN)NC(=O)c1ccc(OC)cc1. The normalized spacial score (nSPS) is 11.9. The van der Waals surface area contributed by atoms with Gasteiger partial charge in [0, 0.05) is 18.2 Å². The monoisotopic (exact) mass is 236 g/mol. The lowest BCUT2D eigenvalue weighted by Gasteiger charge is -2.15. The minimum absolute atomic E-state index is 0.0506. The number of methoxy groups -OCH3 is 1. The van der Waals surface area contributed by atoms with E-state index in [2.05, 4.69) is 12.2 Å². The van der Waals surface area contributed by atoms with Crippen LogP contribution in [0.1, 0.15) is 30.1 Å². The van der Waals surface area contributed by atoms with E-state index in [9.17, 15) is 4.79 Å². The van der Waals surface area contributed by atoms with Crippen molar-refractivity contribution in [2.24, 2.45) is 5.73 Å². The Morgan fingerprint density at radius 2 is 2.06 bits per heavy atom. The molecule has 1 rings (SSSR count). The predicted molar refractivity (Wildman–Crippen MR) is 68.2 cm³/mol. The van der Waals surface area contributed by atoms with Crippen LogP contribution < -0.4 is 15.8 Å². The van der Waals surface area contributed by atoms with Gasteiger partial charge in [0.2, 0.25) is 0 Å². The standard InChI is InChI=1S/C13H20N2O2/c1-3-4-11(9-14)15-13(16)10-5-7-12(17-2)8-6-10/h5-8,11H,3-4,9,14H2,1-2H3,(H,15,16). The van der Waals surface area contributed by atoms with Crippen LogP contribution in [0, 0.1) is 0 Å². The van der Waals surface area contributed by atoms with Gasteiger partial charge in [-0.1, -0.05) is 13.3 Å². The van der Waals surface area contributed by atoms with Crippen molar-refractivity contribution in [3.63, 3.8) is 0 Å². The number of carbonyl (C=O) groups excluding carboxylic acids is 1. The fourth-order valence-electron chi connectivity index (χ4n) is 1.61. The van der Waals surface area contributed by atoms with E-state index in [0.29, 0.717) is 12.1 Å². The largest absolute Gasteiger partial charge is 0.497 e. The van der Waals surface area contributed by atoms with Crippen molar-refractivity contribution >= 4 is 5.91 Å². The first-order valence-corrected chi connectivity index (χ1v) is 5.86. The predicted octanol–water partition coefficient (Wildman–Crippen LogP) is 1.55. The molecule has 0 aliphatic rings. The van der Waals surface area contributed by atoms with Gasteiger partial charge >= 0.3 is 0 Å². The van der Waals surface area contributed by atoms with E-state index < -0.39 is 0 Å². The smallest absolute Gasteiger partial charge is 0.251 e. The second kappa shape index (κ2) is 6.91. The molecule has 94 valence electrons. The van der Waals surface area contributed by atoms with E-state index in [1.165, 1.54) is 0 Å². The fraction of sp³-hybridized carbons (Fsp3) is 0.462. The summed E-state index contributed by atoms with van der Waals surface area (Å²) < 4.78 is 5.04. The highest BCUT2D eigenvalue weighted by atomic mass is 16.5. The number of hydrogen-bond acceptors (Lipinski definition) is 3. The summed E-state index contributed by atoms with van der Waals surface area (Å²) >= 11 is 0. The van der Waals surface area contributed by atoms with Gasteiger partial charge in [-0.05, 0) is 30.7 Å². The van der Waals surface area contributed by atoms with E-state index in [1.807, 2.05) is 0 Å². The van der Waals surface area contributed by atoms with Gasteiger partial charge in [0.05, 0.1) is 7.11 Å². The summed E-state index contributed by atoms with van der Waals surface area (Å²) in [6.45, 7) is 2.54. The molecule has 17 heavy (non-hydrogen) atoms. The van der Waals surface area contributed by atoms with Crippen LogP contribution in [0.3, 0.4) is 0 Å². The van der Waals surface area contributed by atoms with Gasteiger partial charge in [-0.3, -0.25) is 4.79 Å². The maximum Gasteiger partial charge on any atom is 0.251 e. The molecule has 1 aromatic carbocycles. The van der Waals surface area contributed by atoms with E-state index in [-0.39, 0.29) is 11.9 Å². The van der Waals surface area contributed by atoms with E-state index in [4.69, 9.17) is 10.5 Å². The van der Waals surface area contributed by atoms with Crippen LogP contribution >= 0.6 is 0 Å². The molecule has 1 aromatic rings. The molecule has 1 unspecified atom stereocenters. The molecule has 0 radical (unpaired) electrons. The molecule has 4 nitrogen and oxygen atoms in total. The van der Waals surface area contributed by atoms with Crippen molar-refractivity contribution in [3.05, 3.63) is 29.8 Å². The summed E-state index contributed by atoms with van der Waals surface area (Å²) in [6.07, 6.45) is 1.91. The third-order valence-electron chi connectivity index (χ3n) is 2.61. The second-order valence-electron chi connectivity index (χ2n) is 3.92. The summed E-state index contributed by atoms with van der Waals surface area (Å²) in [5.41, 5.74) is 6.22. The van der Waals surface area contributed by atoms with Crippen LogP contribution in [-0.4, -0.2) is 25.6 Å². The zero-order valence-electron chi connectivity index (χ0n) is 10.4. The van der Waals surface area contributed by atoms with Gasteiger partial charge < -0.3 is 15.8 Å². The first-order valence-electron chi connectivity index (χ1n) is 5.86. The molecule has 0 aliphatic heterocycles. The minimum atomic E-state index is -0.0865. The van der Waals surface area contributed by atoms with Gasteiger partial charge in [-0.2, -0.15) is 0 Å². The Bertz CT molecular complexity index is 349. The van der Waals surface area contributed by atoms with Gasteiger partial charge in [-0.15, -0.1) is 0 Å². The highest BCUT2D eigenvalue weighted by Gasteiger charge is 2.11. The van der Waals surface area contributed by atoms with Crippen molar-refractivity contribution in [2.75, 3.05) is 13.7 Å². The fourth-order valence-corrected chi connectivity index (χ4v) is 1.61. The van der Waals surface area contributed by atoms with E-state index >= 15 is 0 Å². The van der Waals surface area contributed by atoms with Crippen molar-refractivity contribution in [3.8, 4) is 5.75 Å². The molecule has 0 aromatic heterocycles. The van der Waals surface area contributed by atoms with Gasteiger partial charge in [0.1, 0.15) is 5.75 Å². The number of hydrogen-bond donors (Lipinski definition) is 2. The number of nitrogens with one attached hydrogen (secondary N) is 1. The van der Waals surface area contributed by atoms with Crippen LogP contribution in [0.4, 0.5) is 0 Å². The Morgan fingerprint density at radius 1 is 1.41 bits per heavy atom. The Balaban J connectivity index is 2.62. The second-order valence-corrected chi connectivity index (χ2v) is 3.92. The van der Waals surface area contributed by atoms with Crippen molar-refractivity contribution in [1.29, 1.82) is 0 Å². The Morgan fingerprint density at radius 3 is 2.53 bits per heavy atom. The molecular formula is C13H20N2O2. The molecule has 0 saturated carbocycles. The van der Waals surface area contributed by atoms with Crippen molar-refractivity contribution in [1.82, 2.24) is 5.32 Å². The number of amides is 1. The quantitative estimate of drug-likeness (QED) is 0.787. The van der Waals surface area contributed by atoms with Crippen LogP contribution in [0.2, 0.25) is 0 Å². The average Bonchev–Trinajstić information content (AvgIpc) is 2.38. The molecule has 0 spiro atoms. The topological polar surface area (TPSA) is 64.3 Å². The lowest BCUT2D eigenvalue weighted by Crippen LogP contribution is -2.40. The molecule has 0 heterocycles. The molecule has 1 atom stereocenters. The Hall–Kier alpha value is -1.55. The van der Waals surface area contributed by atoms with E-state index in [1.54, 1.807) is 31.4 Å².